The minimum atomic E-state index is -2.72. The van der Waals surface area contributed by atoms with E-state index in [1.165, 1.54) is 77.0 Å². The minimum absolute atomic E-state index is 0.0607. The maximum absolute atomic E-state index is 15.4. The summed E-state index contributed by atoms with van der Waals surface area (Å²) in [7, 11) is 0. The van der Waals surface area contributed by atoms with Gasteiger partial charge in [-0.1, -0.05) is 11.2 Å². The van der Waals surface area contributed by atoms with E-state index < -0.39 is 6.49 Å². The van der Waals surface area contributed by atoms with Crippen LogP contribution >= 0.6 is 17.7 Å². The fourth-order valence-corrected chi connectivity index (χ4v) is 19.9. The van der Waals surface area contributed by atoms with Gasteiger partial charge in [0.15, 0.2) is 6.49 Å². The first-order valence-corrected chi connectivity index (χ1v) is 16.9. The van der Waals surface area contributed by atoms with Gasteiger partial charge in [-0.3, -0.25) is 0 Å². The Kier molecular flexibility index (Phi) is 2.92. The van der Waals surface area contributed by atoms with E-state index in [-0.39, 0.29) is 10.3 Å². The van der Waals surface area contributed by atoms with E-state index in [1.54, 1.807) is 0 Å². The predicted molar refractivity (Wildman–Crippen MR) is 123 cm³/mol. The lowest BCUT2D eigenvalue weighted by Crippen LogP contribution is -2.70. The number of halogens is 1. The van der Waals surface area contributed by atoms with E-state index in [0.717, 1.165) is 82.9 Å². The third-order valence-electron chi connectivity index (χ3n) is 15.1. The third kappa shape index (κ3) is 1.71. The molecular weight excluding hydrogens is 419 g/mol. The molecule has 0 spiro atoms. The van der Waals surface area contributed by atoms with Gasteiger partial charge in [0.05, 0.1) is 0 Å². The largest absolute Gasteiger partial charge is 0.305 e. The average Bonchev–Trinajstić information content (AvgIpc) is 2.79. The smallest absolute Gasteiger partial charge is 0.181 e. The van der Waals surface area contributed by atoms with Gasteiger partial charge in [0.25, 0.3) is 0 Å². The van der Waals surface area contributed by atoms with Gasteiger partial charge in [0.2, 0.25) is 0 Å². The van der Waals surface area contributed by atoms with E-state index in [9.17, 15) is 0 Å². The molecule has 1 nitrogen and oxygen atoms in total. The summed E-state index contributed by atoms with van der Waals surface area (Å²) < 4.78 is 15.4. The molecule has 0 aromatic heterocycles. The Balaban J connectivity index is 1.08. The van der Waals surface area contributed by atoms with Crippen LogP contribution in [0.2, 0.25) is 0 Å². The van der Waals surface area contributed by atoms with Crippen LogP contribution in [0, 0.1) is 82.9 Å². The van der Waals surface area contributed by atoms with Crippen molar-refractivity contribution in [1.82, 2.24) is 0 Å². The van der Waals surface area contributed by atoms with Gasteiger partial charge in [-0.05, 0) is 160 Å². The topological polar surface area (TPSA) is 17.1 Å². The zero-order chi connectivity index (χ0) is 20.1. The lowest BCUT2D eigenvalue weighted by Gasteiger charge is -2.76. The summed E-state index contributed by atoms with van der Waals surface area (Å²) in [4.78, 5) is 0. The Morgan fingerprint density at radius 3 is 0.903 bits per heavy atom. The summed E-state index contributed by atoms with van der Waals surface area (Å²) in [6.07, 6.45) is 16.9. The summed E-state index contributed by atoms with van der Waals surface area (Å²) in [5.41, 5.74) is 0. The molecule has 0 unspecified atom stereocenters. The summed E-state index contributed by atoms with van der Waals surface area (Å²) in [5, 5.41) is 0.121. The molecule has 0 radical (unpaired) electrons. The van der Waals surface area contributed by atoms with Crippen molar-refractivity contribution in [1.29, 1.82) is 0 Å². The molecule has 0 saturated heterocycles. The van der Waals surface area contributed by atoms with Gasteiger partial charge in [0, 0.05) is 10.3 Å². The molecule has 0 heterocycles. The molecule has 14 aliphatic rings. The number of rotatable bonds is 2. The fourth-order valence-electron chi connectivity index (χ4n) is 15.0. The van der Waals surface area contributed by atoms with Gasteiger partial charge in [0.1, 0.15) is 0 Å². The lowest BCUT2D eigenvalue weighted by molar-refractivity contribution is -0.203. The van der Waals surface area contributed by atoms with Crippen LogP contribution in [0.3, 0.4) is 0 Å². The standard InChI is InChI=1S/C28H38ClOP/c29-31(30,27-7-21-15-1-13-2-16(21)23(9-27)17(3-13)22(15)8-27)28-10-24-18-4-14-5-19(24)26(12-28)20(6-14)25(18)11-28/h13-26H,1-12H2. The first kappa shape index (κ1) is 17.9. The van der Waals surface area contributed by atoms with Crippen LogP contribution in [0.1, 0.15) is 77.0 Å². The highest BCUT2D eigenvalue weighted by atomic mass is 35.7. The summed E-state index contributed by atoms with van der Waals surface area (Å²) >= 11 is 7.77. The van der Waals surface area contributed by atoms with Crippen LogP contribution in [0.25, 0.3) is 0 Å². The molecule has 14 aliphatic carbocycles. The van der Waals surface area contributed by atoms with Crippen molar-refractivity contribution in [3.8, 4) is 0 Å². The SMILES string of the molecule is O=P(Cl)(C12CC3C4CC5CC3C(C1)C(C5)C4C2)C12CC3C4CC5CC3C(C1)C(C5)C4C2. The monoisotopic (exact) mass is 456 g/mol. The molecule has 14 rings (SSSR count). The zero-order valence-corrected chi connectivity index (χ0v) is 20.5. The minimum Gasteiger partial charge on any atom is -0.305 e. The van der Waals surface area contributed by atoms with Crippen molar-refractivity contribution < 1.29 is 4.57 Å². The molecule has 14 saturated carbocycles. The van der Waals surface area contributed by atoms with E-state index in [0.29, 0.717) is 0 Å². The van der Waals surface area contributed by atoms with Gasteiger partial charge in [-0.25, -0.2) is 0 Å². The van der Waals surface area contributed by atoms with Crippen molar-refractivity contribution in [2.24, 2.45) is 82.9 Å². The normalized spacial score (nSPS) is 73.7. The summed E-state index contributed by atoms with van der Waals surface area (Å²) in [6.45, 7) is -2.72. The Labute approximate surface area is 192 Å². The quantitative estimate of drug-likeness (QED) is 0.395. The molecule has 14 fully saturated rings. The van der Waals surface area contributed by atoms with Gasteiger partial charge in [-0.2, -0.15) is 0 Å². The lowest BCUT2D eigenvalue weighted by atomic mass is 9.35. The Hall–Kier alpha value is 0.520. The van der Waals surface area contributed by atoms with E-state index in [1.807, 2.05) is 0 Å². The number of hydrogen-bond donors (Lipinski definition) is 0. The second-order valence-electron chi connectivity index (χ2n) is 15.3. The molecule has 31 heavy (non-hydrogen) atoms. The maximum Gasteiger partial charge on any atom is 0.181 e. The van der Waals surface area contributed by atoms with Gasteiger partial charge in [-0.15, -0.1) is 0 Å². The summed E-state index contributed by atoms with van der Waals surface area (Å²) in [6, 6.07) is 0. The van der Waals surface area contributed by atoms with Crippen molar-refractivity contribution in [3.63, 3.8) is 0 Å². The Bertz CT molecular complexity index is 762. The van der Waals surface area contributed by atoms with Crippen LogP contribution in [0.15, 0.2) is 0 Å². The molecule has 0 aliphatic heterocycles. The van der Waals surface area contributed by atoms with E-state index >= 15 is 4.57 Å². The third-order valence-corrected chi connectivity index (χ3v) is 20.8. The molecule has 16 bridgehead atoms. The van der Waals surface area contributed by atoms with Crippen molar-refractivity contribution in [2.45, 2.75) is 87.4 Å². The molecule has 0 atom stereocenters. The van der Waals surface area contributed by atoms with Crippen molar-refractivity contribution in [3.05, 3.63) is 0 Å². The van der Waals surface area contributed by atoms with Crippen LogP contribution in [-0.4, -0.2) is 10.3 Å². The van der Waals surface area contributed by atoms with E-state index in [2.05, 4.69) is 0 Å². The highest BCUT2D eigenvalue weighted by Crippen LogP contribution is 2.89. The van der Waals surface area contributed by atoms with Gasteiger partial charge < -0.3 is 4.57 Å². The van der Waals surface area contributed by atoms with Crippen LogP contribution in [0.5, 0.6) is 0 Å². The van der Waals surface area contributed by atoms with Crippen molar-refractivity contribution in [2.75, 3.05) is 0 Å². The highest BCUT2D eigenvalue weighted by molar-refractivity contribution is 7.91. The molecule has 168 valence electrons. The zero-order valence-electron chi connectivity index (χ0n) is 18.8. The molecule has 0 aromatic rings. The first-order chi connectivity index (χ1) is 15.0. The first-order valence-electron chi connectivity index (χ1n) is 14.3. The second kappa shape index (κ2) is 5.06. The maximum atomic E-state index is 15.4. The second-order valence-corrected chi connectivity index (χ2v) is 19.7. The Morgan fingerprint density at radius 1 is 0.452 bits per heavy atom. The molecule has 0 amide bonds. The van der Waals surface area contributed by atoms with E-state index in [4.69, 9.17) is 11.2 Å². The fraction of sp³-hybridized carbons (Fsp3) is 1.00. The number of hydrogen-bond acceptors (Lipinski definition) is 1. The predicted octanol–water partition coefficient (Wildman–Crippen LogP) is 7.42. The molecule has 3 heteroatoms. The summed E-state index contributed by atoms with van der Waals surface area (Å²) in [5.74, 6) is 13.6. The van der Waals surface area contributed by atoms with Crippen LogP contribution in [0.4, 0.5) is 0 Å². The van der Waals surface area contributed by atoms with Crippen LogP contribution < -0.4 is 0 Å². The van der Waals surface area contributed by atoms with Crippen LogP contribution in [-0.2, 0) is 4.57 Å². The van der Waals surface area contributed by atoms with Crippen molar-refractivity contribution >= 4 is 17.7 Å². The van der Waals surface area contributed by atoms with Gasteiger partial charge >= 0.3 is 0 Å². The molecule has 0 aromatic carbocycles. The highest BCUT2D eigenvalue weighted by Gasteiger charge is 2.77. The molecular formula is C28H38ClOP. The molecule has 0 N–H and O–H groups in total. The average molecular weight is 457 g/mol. The Morgan fingerprint density at radius 2 is 0.677 bits per heavy atom.